The zero-order valence-corrected chi connectivity index (χ0v) is 14.4. The maximum absolute atomic E-state index is 2.38. The molecule has 0 fully saturated rings. The Morgan fingerprint density at radius 1 is 0.857 bits per heavy atom. The molecule has 1 rings (SSSR count). The molecule has 0 saturated heterocycles. The van der Waals surface area contributed by atoms with Gasteiger partial charge in [0.2, 0.25) is 0 Å². The SMILES string of the molecule is CCCCCCCCCCC=CC(C)c1ccc(C)cc1. The second-order valence-corrected chi connectivity index (χ2v) is 6.39. The van der Waals surface area contributed by atoms with Crippen molar-refractivity contribution in [3.63, 3.8) is 0 Å². The molecule has 0 aromatic heterocycles. The molecule has 0 nitrogen and oxygen atoms in total. The molecule has 0 heterocycles. The van der Waals surface area contributed by atoms with Gasteiger partial charge in [0.15, 0.2) is 0 Å². The van der Waals surface area contributed by atoms with Gasteiger partial charge in [-0.3, -0.25) is 0 Å². The summed E-state index contributed by atoms with van der Waals surface area (Å²) in [5, 5.41) is 0. The number of unbranched alkanes of at least 4 members (excludes halogenated alkanes) is 8. The summed E-state index contributed by atoms with van der Waals surface area (Å²) in [6.07, 6.45) is 17.2. The summed E-state index contributed by atoms with van der Waals surface area (Å²) in [5.74, 6) is 0.541. The molecule has 1 unspecified atom stereocenters. The Balaban J connectivity index is 2.05. The van der Waals surface area contributed by atoms with Crippen molar-refractivity contribution < 1.29 is 0 Å². The predicted octanol–water partition coefficient (Wildman–Crippen LogP) is 7.19. The fraction of sp³-hybridized carbons (Fsp3) is 0.619. The van der Waals surface area contributed by atoms with Gasteiger partial charge in [0.1, 0.15) is 0 Å². The Morgan fingerprint density at radius 3 is 2.05 bits per heavy atom. The molecule has 0 saturated carbocycles. The lowest BCUT2D eigenvalue weighted by Crippen LogP contribution is -1.88. The van der Waals surface area contributed by atoms with E-state index in [1.807, 2.05) is 0 Å². The van der Waals surface area contributed by atoms with Crippen LogP contribution in [0, 0.1) is 6.92 Å². The van der Waals surface area contributed by atoms with Crippen LogP contribution in [0.4, 0.5) is 0 Å². The van der Waals surface area contributed by atoms with E-state index in [2.05, 4.69) is 57.2 Å². The Labute approximate surface area is 132 Å². The van der Waals surface area contributed by atoms with Gasteiger partial charge in [-0.2, -0.15) is 0 Å². The van der Waals surface area contributed by atoms with Gasteiger partial charge in [-0.1, -0.05) is 101 Å². The van der Waals surface area contributed by atoms with Gasteiger partial charge in [-0.05, 0) is 31.2 Å². The molecule has 1 atom stereocenters. The number of benzene rings is 1. The van der Waals surface area contributed by atoms with E-state index in [4.69, 9.17) is 0 Å². The van der Waals surface area contributed by atoms with Gasteiger partial charge >= 0.3 is 0 Å². The topological polar surface area (TPSA) is 0 Å². The van der Waals surface area contributed by atoms with Crippen molar-refractivity contribution in [1.82, 2.24) is 0 Å². The summed E-state index contributed by atoms with van der Waals surface area (Å²) in [5.41, 5.74) is 2.77. The van der Waals surface area contributed by atoms with E-state index >= 15 is 0 Å². The van der Waals surface area contributed by atoms with Crippen LogP contribution in [-0.4, -0.2) is 0 Å². The zero-order valence-electron chi connectivity index (χ0n) is 14.4. The summed E-state index contributed by atoms with van der Waals surface area (Å²) in [7, 11) is 0. The molecule has 0 aliphatic heterocycles. The number of hydrogen-bond donors (Lipinski definition) is 0. The van der Waals surface area contributed by atoms with Crippen molar-refractivity contribution in [2.75, 3.05) is 0 Å². The third-order valence-electron chi connectivity index (χ3n) is 4.25. The quantitative estimate of drug-likeness (QED) is 0.298. The Bertz CT molecular complexity index is 372. The van der Waals surface area contributed by atoms with Crippen LogP contribution < -0.4 is 0 Å². The van der Waals surface area contributed by atoms with Gasteiger partial charge in [0, 0.05) is 0 Å². The van der Waals surface area contributed by atoms with Crippen LogP contribution in [0.2, 0.25) is 0 Å². The van der Waals surface area contributed by atoms with Crippen molar-refractivity contribution >= 4 is 0 Å². The van der Waals surface area contributed by atoms with Crippen molar-refractivity contribution in [3.05, 3.63) is 47.5 Å². The van der Waals surface area contributed by atoms with Crippen LogP contribution in [-0.2, 0) is 0 Å². The summed E-state index contributed by atoms with van der Waals surface area (Å²) in [6, 6.07) is 8.91. The lowest BCUT2D eigenvalue weighted by atomic mass is 9.99. The van der Waals surface area contributed by atoms with Gasteiger partial charge in [0.25, 0.3) is 0 Å². The lowest BCUT2D eigenvalue weighted by molar-refractivity contribution is 0.577. The normalized spacial score (nSPS) is 12.9. The van der Waals surface area contributed by atoms with E-state index in [-0.39, 0.29) is 0 Å². The maximum Gasteiger partial charge on any atom is -0.00104 e. The molecule has 1 aromatic rings. The Hall–Kier alpha value is -1.04. The fourth-order valence-corrected chi connectivity index (χ4v) is 2.68. The average molecular weight is 287 g/mol. The van der Waals surface area contributed by atoms with Crippen LogP contribution in [0.1, 0.15) is 88.7 Å². The van der Waals surface area contributed by atoms with Crippen molar-refractivity contribution in [3.8, 4) is 0 Å². The molecule has 0 aliphatic carbocycles. The van der Waals surface area contributed by atoms with Crippen LogP contribution >= 0.6 is 0 Å². The molecule has 0 N–H and O–H groups in total. The fourth-order valence-electron chi connectivity index (χ4n) is 2.68. The van der Waals surface area contributed by atoms with Gasteiger partial charge in [0.05, 0.1) is 0 Å². The summed E-state index contributed by atoms with van der Waals surface area (Å²) in [4.78, 5) is 0. The third kappa shape index (κ3) is 8.75. The Kier molecular flexibility index (Phi) is 9.95. The first kappa shape index (κ1) is 18.0. The second kappa shape index (κ2) is 11.6. The zero-order chi connectivity index (χ0) is 15.3. The number of aryl methyl sites for hydroxylation is 1. The second-order valence-electron chi connectivity index (χ2n) is 6.39. The summed E-state index contributed by atoms with van der Waals surface area (Å²) >= 11 is 0. The van der Waals surface area contributed by atoms with E-state index in [0.29, 0.717) is 5.92 Å². The van der Waals surface area contributed by atoms with Crippen molar-refractivity contribution in [2.45, 2.75) is 84.5 Å². The Morgan fingerprint density at radius 2 is 1.43 bits per heavy atom. The number of allylic oxidation sites excluding steroid dienone is 2. The molecule has 0 radical (unpaired) electrons. The maximum atomic E-state index is 2.38. The molecular formula is C21H34. The molecule has 1 aromatic carbocycles. The van der Waals surface area contributed by atoms with Crippen LogP contribution in [0.3, 0.4) is 0 Å². The standard InChI is InChI=1S/C21H34/c1-4-5-6-7-8-9-10-11-12-13-14-20(3)21-17-15-19(2)16-18-21/h13-18,20H,4-12H2,1-3H3. The van der Waals surface area contributed by atoms with Crippen LogP contribution in [0.15, 0.2) is 36.4 Å². The monoisotopic (exact) mass is 286 g/mol. The smallest absolute Gasteiger partial charge is 0.00104 e. The minimum absolute atomic E-state index is 0.541. The minimum atomic E-state index is 0.541. The average Bonchev–Trinajstić information content (AvgIpc) is 2.49. The molecule has 0 amide bonds. The first-order valence-corrected chi connectivity index (χ1v) is 8.97. The van der Waals surface area contributed by atoms with E-state index in [1.165, 1.54) is 68.9 Å². The highest BCUT2D eigenvalue weighted by molar-refractivity contribution is 5.26. The molecule has 0 bridgehead atoms. The molecular weight excluding hydrogens is 252 g/mol. The lowest BCUT2D eigenvalue weighted by Gasteiger charge is -2.07. The van der Waals surface area contributed by atoms with Crippen LogP contribution in [0.5, 0.6) is 0 Å². The van der Waals surface area contributed by atoms with Gasteiger partial charge in [-0.15, -0.1) is 0 Å². The van der Waals surface area contributed by atoms with Crippen molar-refractivity contribution in [1.29, 1.82) is 0 Å². The van der Waals surface area contributed by atoms with E-state index < -0.39 is 0 Å². The first-order chi connectivity index (χ1) is 10.2. The van der Waals surface area contributed by atoms with Crippen molar-refractivity contribution in [2.24, 2.45) is 0 Å². The highest BCUT2D eigenvalue weighted by atomic mass is 14.0. The summed E-state index contributed by atoms with van der Waals surface area (Å²) in [6.45, 7) is 6.71. The highest BCUT2D eigenvalue weighted by Gasteiger charge is 1.99. The minimum Gasteiger partial charge on any atom is -0.0879 e. The predicted molar refractivity (Wildman–Crippen MR) is 96.0 cm³/mol. The highest BCUT2D eigenvalue weighted by Crippen LogP contribution is 2.18. The molecule has 21 heavy (non-hydrogen) atoms. The van der Waals surface area contributed by atoms with E-state index in [1.54, 1.807) is 0 Å². The molecule has 0 aliphatic rings. The van der Waals surface area contributed by atoms with Gasteiger partial charge < -0.3 is 0 Å². The third-order valence-corrected chi connectivity index (χ3v) is 4.25. The molecule has 118 valence electrons. The van der Waals surface area contributed by atoms with E-state index in [0.717, 1.165) is 0 Å². The van der Waals surface area contributed by atoms with Gasteiger partial charge in [-0.25, -0.2) is 0 Å². The molecule has 0 heteroatoms. The number of rotatable bonds is 11. The van der Waals surface area contributed by atoms with E-state index in [9.17, 15) is 0 Å². The van der Waals surface area contributed by atoms with Crippen LogP contribution in [0.25, 0.3) is 0 Å². The summed E-state index contributed by atoms with van der Waals surface area (Å²) < 4.78 is 0. The molecule has 0 spiro atoms. The largest absolute Gasteiger partial charge is 0.0879 e. The first-order valence-electron chi connectivity index (χ1n) is 8.97. The number of hydrogen-bond acceptors (Lipinski definition) is 0.